The molecule has 1 nitrogen and oxygen atoms in total. The van der Waals surface area contributed by atoms with Gasteiger partial charge in [-0.15, -0.1) is 5.54 Å². The number of unbranched alkanes of at least 4 members (excludes halogenated alkanes) is 5. The third-order valence-electron chi connectivity index (χ3n) is 9.28. The Hall–Kier alpha value is -3.59. The maximum Gasteiger partial charge on any atom is 0.129 e. The van der Waals surface area contributed by atoms with Gasteiger partial charge in [0.2, 0.25) is 0 Å². The fourth-order valence-electron chi connectivity index (χ4n) is 6.13. The highest BCUT2D eigenvalue weighted by Gasteiger charge is 2.29. The Kier molecular flexibility index (Phi) is 14.2. The molecule has 0 amide bonds. The fourth-order valence-corrected chi connectivity index (χ4v) is 7.19. The molecule has 0 bridgehead atoms. The molecule has 0 heterocycles. The molecule has 4 aromatic rings. The van der Waals surface area contributed by atoms with Gasteiger partial charge >= 0.3 is 0 Å². The molecule has 260 valence electrons. The van der Waals surface area contributed by atoms with E-state index in [1.165, 1.54) is 66.4 Å². The van der Waals surface area contributed by atoms with Crippen LogP contribution in [0.2, 0.25) is 19.6 Å². The summed E-state index contributed by atoms with van der Waals surface area (Å²) in [6.45, 7) is 24.5. The first-order chi connectivity index (χ1) is 23.8. The maximum atomic E-state index is 4.47. The molecule has 0 saturated heterocycles. The maximum absolute atomic E-state index is 4.47. The van der Waals surface area contributed by atoms with Crippen molar-refractivity contribution in [1.29, 1.82) is 0 Å². The SMILES string of the molecule is C=C(/C=C(\C)C(I)(CCCCCCCC)C(=C)C)c1ccc(-c2ccc(N(c3ccc(C)cc3)c3ccc(C#C[Si](C)(C)C)cc3)cc2)cc1. The van der Waals surface area contributed by atoms with Crippen LogP contribution in [0.5, 0.6) is 0 Å². The van der Waals surface area contributed by atoms with Gasteiger partial charge in [-0.25, -0.2) is 0 Å². The van der Waals surface area contributed by atoms with E-state index in [0.29, 0.717) is 0 Å². The molecule has 0 aromatic heterocycles. The quantitative estimate of drug-likeness (QED) is 0.0221. The van der Waals surface area contributed by atoms with E-state index in [1.54, 1.807) is 0 Å². The smallest absolute Gasteiger partial charge is 0.129 e. The Balaban J connectivity index is 1.52. The average Bonchev–Trinajstić information content (AvgIpc) is 3.10. The molecule has 50 heavy (non-hydrogen) atoms. The minimum Gasteiger partial charge on any atom is -0.311 e. The summed E-state index contributed by atoms with van der Waals surface area (Å²) in [5.74, 6) is 3.39. The van der Waals surface area contributed by atoms with Crippen LogP contribution in [-0.4, -0.2) is 11.5 Å². The number of alkyl halides is 1. The van der Waals surface area contributed by atoms with Gasteiger partial charge in [-0.1, -0.05) is 178 Å². The Morgan fingerprint density at radius 2 is 1.20 bits per heavy atom. The molecule has 1 unspecified atom stereocenters. The summed E-state index contributed by atoms with van der Waals surface area (Å²) >= 11 is 2.63. The zero-order chi connectivity index (χ0) is 36.3. The predicted octanol–water partition coefficient (Wildman–Crippen LogP) is 14.8. The average molecular weight is 790 g/mol. The molecule has 0 spiro atoms. The van der Waals surface area contributed by atoms with Gasteiger partial charge in [0.1, 0.15) is 8.07 Å². The van der Waals surface area contributed by atoms with E-state index in [9.17, 15) is 0 Å². The van der Waals surface area contributed by atoms with Crippen molar-refractivity contribution in [3.8, 4) is 22.6 Å². The summed E-state index contributed by atoms with van der Waals surface area (Å²) in [6, 6.07) is 35.0. The summed E-state index contributed by atoms with van der Waals surface area (Å²) in [5.41, 5.74) is 16.3. The van der Waals surface area contributed by atoms with Crippen LogP contribution < -0.4 is 4.90 Å². The first-order valence-electron chi connectivity index (χ1n) is 18.2. The standard InChI is InChI=1S/C47H56INSi/c1-10-11-12-13-14-15-33-47(48,36(2)3)39(6)35-38(5)41-20-22-42(23-21-41)43-24-30-46(31-25-43)49(44-26-16-37(4)17-27-44)45-28-18-40(19-29-45)32-34-50(7,8)9/h16-31,35H,2,5,10-15,33H2,1,3-4,6-9H3/b39-35+. The van der Waals surface area contributed by atoms with Crippen LogP contribution in [0.3, 0.4) is 0 Å². The lowest BCUT2D eigenvalue weighted by atomic mass is 9.86. The van der Waals surface area contributed by atoms with Crippen molar-refractivity contribution in [2.24, 2.45) is 0 Å². The van der Waals surface area contributed by atoms with Gasteiger partial charge in [0.15, 0.2) is 0 Å². The zero-order valence-corrected chi connectivity index (χ0v) is 34.7. The van der Waals surface area contributed by atoms with Crippen molar-refractivity contribution in [3.63, 3.8) is 0 Å². The monoisotopic (exact) mass is 789 g/mol. The number of hydrogen-bond acceptors (Lipinski definition) is 1. The van der Waals surface area contributed by atoms with E-state index >= 15 is 0 Å². The second-order valence-corrected chi connectivity index (χ2v) is 21.4. The van der Waals surface area contributed by atoms with Crippen LogP contribution in [-0.2, 0) is 0 Å². The second kappa shape index (κ2) is 18.1. The summed E-state index contributed by atoms with van der Waals surface area (Å²) < 4.78 is -0.0383. The topological polar surface area (TPSA) is 3.24 Å². The molecule has 0 N–H and O–H groups in total. The molecule has 4 aromatic carbocycles. The fraction of sp³-hybridized carbons (Fsp3) is 0.319. The molecule has 0 fully saturated rings. The minimum atomic E-state index is -1.44. The molecule has 0 radical (unpaired) electrons. The highest BCUT2D eigenvalue weighted by molar-refractivity contribution is 14.1. The van der Waals surface area contributed by atoms with E-state index in [1.807, 2.05) is 0 Å². The van der Waals surface area contributed by atoms with Crippen molar-refractivity contribution in [3.05, 3.63) is 144 Å². The van der Waals surface area contributed by atoms with Crippen LogP contribution in [0.15, 0.2) is 127 Å². The summed E-state index contributed by atoms with van der Waals surface area (Å²) in [4.78, 5) is 2.31. The minimum absolute atomic E-state index is 0.0383. The molecule has 0 aliphatic carbocycles. The third kappa shape index (κ3) is 11.0. The first-order valence-corrected chi connectivity index (χ1v) is 22.8. The molecule has 0 aliphatic rings. The molecule has 0 aliphatic heterocycles. The number of rotatable bonds is 15. The molecular weight excluding hydrogens is 734 g/mol. The van der Waals surface area contributed by atoms with Gasteiger partial charge in [-0.2, -0.15) is 0 Å². The van der Waals surface area contributed by atoms with Crippen molar-refractivity contribution in [2.75, 3.05) is 4.90 Å². The van der Waals surface area contributed by atoms with Gasteiger partial charge in [0.25, 0.3) is 0 Å². The normalized spacial score (nSPS) is 12.8. The summed E-state index contributed by atoms with van der Waals surface area (Å²) in [6.07, 6.45) is 11.2. The van der Waals surface area contributed by atoms with Crippen LogP contribution in [0, 0.1) is 18.4 Å². The second-order valence-electron chi connectivity index (χ2n) is 14.8. The van der Waals surface area contributed by atoms with Gasteiger partial charge in [-0.3, -0.25) is 0 Å². The zero-order valence-electron chi connectivity index (χ0n) is 31.5. The van der Waals surface area contributed by atoms with Gasteiger partial charge in [0.05, 0.1) is 3.42 Å². The first kappa shape index (κ1) is 39.2. The number of halogens is 1. The lowest BCUT2D eigenvalue weighted by Gasteiger charge is -2.30. The molecule has 4 rings (SSSR count). The number of benzene rings is 4. The van der Waals surface area contributed by atoms with E-state index in [2.05, 4.69) is 203 Å². The van der Waals surface area contributed by atoms with Crippen molar-refractivity contribution >= 4 is 53.3 Å². The lowest BCUT2D eigenvalue weighted by molar-refractivity contribution is 0.569. The molecule has 0 saturated carbocycles. The largest absolute Gasteiger partial charge is 0.311 e. The summed E-state index contributed by atoms with van der Waals surface area (Å²) in [5, 5.41) is 0. The van der Waals surface area contributed by atoms with E-state index in [0.717, 1.165) is 40.2 Å². The Labute approximate surface area is 318 Å². The van der Waals surface area contributed by atoms with E-state index < -0.39 is 8.07 Å². The Morgan fingerprint density at radius 1 is 0.720 bits per heavy atom. The number of allylic oxidation sites excluding steroid dienone is 4. The van der Waals surface area contributed by atoms with E-state index in [4.69, 9.17) is 0 Å². The number of anilines is 3. The number of hydrogen-bond donors (Lipinski definition) is 0. The van der Waals surface area contributed by atoms with Crippen LogP contribution in [0.25, 0.3) is 16.7 Å². The van der Waals surface area contributed by atoms with Crippen LogP contribution >= 0.6 is 22.6 Å². The molecule has 1 atom stereocenters. The van der Waals surface area contributed by atoms with Crippen molar-refractivity contribution in [2.45, 2.75) is 95.7 Å². The highest BCUT2D eigenvalue weighted by atomic mass is 127. The molecule has 3 heteroatoms. The van der Waals surface area contributed by atoms with Gasteiger partial charge in [0, 0.05) is 22.6 Å². The number of aryl methyl sites for hydroxylation is 1. The van der Waals surface area contributed by atoms with Crippen molar-refractivity contribution < 1.29 is 0 Å². The van der Waals surface area contributed by atoms with Gasteiger partial charge in [-0.05, 0) is 98.0 Å². The summed E-state index contributed by atoms with van der Waals surface area (Å²) in [7, 11) is -1.44. The predicted molar refractivity (Wildman–Crippen MR) is 234 cm³/mol. The van der Waals surface area contributed by atoms with Gasteiger partial charge < -0.3 is 4.90 Å². The van der Waals surface area contributed by atoms with Crippen LogP contribution in [0.1, 0.15) is 82.4 Å². The Morgan fingerprint density at radius 3 is 1.72 bits per heavy atom. The lowest BCUT2D eigenvalue weighted by Crippen LogP contribution is -2.23. The molecular formula is C47H56INSi. The third-order valence-corrected chi connectivity index (χ3v) is 12.5. The van der Waals surface area contributed by atoms with Crippen LogP contribution in [0.4, 0.5) is 17.1 Å². The van der Waals surface area contributed by atoms with E-state index in [-0.39, 0.29) is 3.42 Å². The van der Waals surface area contributed by atoms with Crippen molar-refractivity contribution in [1.82, 2.24) is 0 Å². The Bertz CT molecular complexity index is 1810. The number of nitrogens with zero attached hydrogens (tertiary/aromatic N) is 1. The highest BCUT2D eigenvalue weighted by Crippen LogP contribution is 2.41.